The zero-order valence-corrected chi connectivity index (χ0v) is 10.8. The molecule has 4 heteroatoms. The minimum atomic E-state index is -0.102. The van der Waals surface area contributed by atoms with Gasteiger partial charge in [0, 0.05) is 10.2 Å². The highest BCUT2D eigenvalue weighted by molar-refractivity contribution is 9.10. The molecule has 0 unspecified atom stereocenters. The number of hydrogen-bond acceptors (Lipinski definition) is 2. The highest BCUT2D eigenvalue weighted by Crippen LogP contribution is 2.29. The highest BCUT2D eigenvalue weighted by atomic mass is 79.9. The zero-order chi connectivity index (χ0) is 11.9. The summed E-state index contributed by atoms with van der Waals surface area (Å²) in [7, 11) is 0. The van der Waals surface area contributed by atoms with Crippen molar-refractivity contribution in [2.75, 3.05) is 11.4 Å². The van der Waals surface area contributed by atoms with E-state index in [1.54, 1.807) is 4.90 Å². The molecule has 1 heterocycles. The molecule has 1 aliphatic heterocycles. The van der Waals surface area contributed by atoms with Crippen LogP contribution in [0.1, 0.15) is 17.5 Å². The number of carbonyl (C=O) groups excluding carboxylic acids is 2. The maximum absolute atomic E-state index is 11.6. The Hall–Kier alpha value is -1.16. The van der Waals surface area contributed by atoms with E-state index in [0.29, 0.717) is 0 Å². The number of rotatable bonds is 1. The van der Waals surface area contributed by atoms with Crippen LogP contribution in [-0.4, -0.2) is 18.2 Å². The first kappa shape index (κ1) is 11.3. The van der Waals surface area contributed by atoms with Crippen LogP contribution in [0.15, 0.2) is 16.6 Å². The van der Waals surface area contributed by atoms with Gasteiger partial charge in [-0.3, -0.25) is 9.59 Å². The van der Waals surface area contributed by atoms with E-state index in [1.165, 1.54) is 0 Å². The van der Waals surface area contributed by atoms with Gasteiger partial charge in [0.05, 0.1) is 13.0 Å². The summed E-state index contributed by atoms with van der Waals surface area (Å²) < 4.78 is 1.02. The van der Waals surface area contributed by atoms with Gasteiger partial charge in [0.1, 0.15) is 0 Å². The molecule has 1 aromatic carbocycles. The van der Waals surface area contributed by atoms with Gasteiger partial charge in [-0.25, -0.2) is 0 Å². The quantitative estimate of drug-likeness (QED) is 0.742. The number of amides is 1. The van der Waals surface area contributed by atoms with Crippen molar-refractivity contribution in [1.82, 2.24) is 0 Å². The molecule has 0 N–H and O–H groups in total. The van der Waals surface area contributed by atoms with Crippen LogP contribution < -0.4 is 4.90 Å². The first-order valence-corrected chi connectivity index (χ1v) is 5.87. The molecule has 1 saturated heterocycles. The molecule has 84 valence electrons. The molecular weight excluding hydrogens is 270 g/mol. The summed E-state index contributed by atoms with van der Waals surface area (Å²) in [6, 6.07) is 3.91. The third-order valence-electron chi connectivity index (χ3n) is 2.75. The van der Waals surface area contributed by atoms with Crippen LogP contribution in [0.2, 0.25) is 0 Å². The average Bonchev–Trinajstić information content (AvgIpc) is 2.51. The summed E-state index contributed by atoms with van der Waals surface area (Å²) in [5.74, 6) is -0.111. The number of hydrogen-bond donors (Lipinski definition) is 0. The second-order valence-corrected chi connectivity index (χ2v) is 4.94. The fourth-order valence-electron chi connectivity index (χ4n) is 1.86. The third-order valence-corrected chi connectivity index (χ3v) is 3.61. The number of halogens is 1. The van der Waals surface area contributed by atoms with Gasteiger partial charge < -0.3 is 4.90 Å². The first-order chi connectivity index (χ1) is 7.49. The van der Waals surface area contributed by atoms with E-state index in [4.69, 9.17) is 0 Å². The Balaban J connectivity index is 2.45. The average molecular weight is 282 g/mol. The third kappa shape index (κ3) is 1.89. The van der Waals surface area contributed by atoms with Crippen molar-refractivity contribution >= 4 is 33.3 Å². The molecule has 0 spiro atoms. The van der Waals surface area contributed by atoms with Crippen LogP contribution >= 0.6 is 15.9 Å². The highest BCUT2D eigenvalue weighted by Gasteiger charge is 2.29. The lowest BCUT2D eigenvalue weighted by Crippen LogP contribution is -2.25. The molecule has 1 aromatic rings. The summed E-state index contributed by atoms with van der Waals surface area (Å²) in [5, 5.41) is 0. The monoisotopic (exact) mass is 281 g/mol. The molecule has 3 nitrogen and oxygen atoms in total. The van der Waals surface area contributed by atoms with Crippen LogP contribution in [0.4, 0.5) is 5.69 Å². The van der Waals surface area contributed by atoms with Crippen LogP contribution in [0.3, 0.4) is 0 Å². The Labute approximate surface area is 103 Å². The number of carbonyl (C=O) groups is 2. The van der Waals surface area contributed by atoms with E-state index in [0.717, 1.165) is 21.3 Å². The fourth-order valence-corrected chi connectivity index (χ4v) is 2.32. The number of benzene rings is 1. The van der Waals surface area contributed by atoms with Gasteiger partial charge in [0.15, 0.2) is 5.78 Å². The lowest BCUT2D eigenvalue weighted by atomic mass is 10.1. The molecule has 1 amide bonds. The van der Waals surface area contributed by atoms with E-state index >= 15 is 0 Å². The van der Waals surface area contributed by atoms with Crippen LogP contribution in [-0.2, 0) is 9.59 Å². The van der Waals surface area contributed by atoms with Crippen molar-refractivity contribution in [3.05, 3.63) is 27.7 Å². The number of anilines is 1. The first-order valence-electron chi connectivity index (χ1n) is 5.08. The van der Waals surface area contributed by atoms with Crippen molar-refractivity contribution in [2.45, 2.75) is 20.3 Å². The topological polar surface area (TPSA) is 37.4 Å². The fraction of sp³-hybridized carbons (Fsp3) is 0.333. The van der Waals surface area contributed by atoms with E-state index in [2.05, 4.69) is 15.9 Å². The standard InChI is InChI=1S/C12H12BrNO2/c1-7-4-11(8(2)3-10(7)13)14-6-9(15)5-12(14)16/h3-4H,5-6H2,1-2H3. The van der Waals surface area contributed by atoms with Gasteiger partial charge in [-0.2, -0.15) is 0 Å². The number of nitrogens with zero attached hydrogens (tertiary/aromatic N) is 1. The van der Waals surface area contributed by atoms with Crippen LogP contribution in [0.5, 0.6) is 0 Å². The molecule has 0 bridgehead atoms. The molecular formula is C12H12BrNO2. The van der Waals surface area contributed by atoms with Crippen molar-refractivity contribution in [3.63, 3.8) is 0 Å². The van der Waals surface area contributed by atoms with Gasteiger partial charge >= 0.3 is 0 Å². The zero-order valence-electron chi connectivity index (χ0n) is 9.21. The van der Waals surface area contributed by atoms with Crippen LogP contribution in [0, 0.1) is 13.8 Å². The summed E-state index contributed by atoms with van der Waals surface area (Å²) in [5.41, 5.74) is 2.91. The smallest absolute Gasteiger partial charge is 0.234 e. The second-order valence-electron chi connectivity index (χ2n) is 4.08. The molecule has 0 saturated carbocycles. The summed E-state index contributed by atoms with van der Waals surface area (Å²) in [4.78, 5) is 24.4. The normalized spacial score (nSPS) is 16.1. The number of ketones is 1. The van der Waals surface area contributed by atoms with Gasteiger partial charge in [0.25, 0.3) is 0 Å². The molecule has 0 aliphatic carbocycles. The second kappa shape index (κ2) is 4.01. The van der Waals surface area contributed by atoms with E-state index in [1.807, 2.05) is 26.0 Å². The predicted octanol–water partition coefficient (Wildman–Crippen LogP) is 2.37. The largest absolute Gasteiger partial charge is 0.304 e. The molecule has 2 rings (SSSR count). The Morgan fingerprint density at radius 2 is 1.88 bits per heavy atom. The SMILES string of the molecule is Cc1cc(N2CC(=O)CC2=O)c(C)cc1Br. The van der Waals surface area contributed by atoms with E-state index in [9.17, 15) is 9.59 Å². The Kier molecular flexibility index (Phi) is 2.84. The van der Waals surface area contributed by atoms with E-state index < -0.39 is 0 Å². The summed E-state index contributed by atoms with van der Waals surface area (Å²) >= 11 is 3.45. The van der Waals surface area contributed by atoms with Crippen molar-refractivity contribution in [2.24, 2.45) is 0 Å². The summed E-state index contributed by atoms with van der Waals surface area (Å²) in [6.07, 6.45) is 0.0363. The number of aryl methyl sites for hydroxylation is 2. The maximum Gasteiger partial charge on any atom is 0.234 e. The van der Waals surface area contributed by atoms with E-state index in [-0.39, 0.29) is 24.7 Å². The predicted molar refractivity (Wildman–Crippen MR) is 65.6 cm³/mol. The Bertz CT molecular complexity index is 482. The van der Waals surface area contributed by atoms with Gasteiger partial charge in [-0.15, -0.1) is 0 Å². The molecule has 1 fully saturated rings. The van der Waals surface area contributed by atoms with Gasteiger partial charge in [-0.05, 0) is 37.1 Å². The molecule has 0 aromatic heterocycles. The Morgan fingerprint density at radius 1 is 1.19 bits per heavy atom. The number of Topliss-reactive ketones (excluding diaryl/α,β-unsaturated/α-hetero) is 1. The van der Waals surface area contributed by atoms with Crippen LogP contribution in [0.25, 0.3) is 0 Å². The lowest BCUT2D eigenvalue weighted by Gasteiger charge is -2.18. The lowest BCUT2D eigenvalue weighted by molar-refractivity contribution is -0.121. The van der Waals surface area contributed by atoms with Gasteiger partial charge in [0.2, 0.25) is 5.91 Å². The van der Waals surface area contributed by atoms with Gasteiger partial charge in [-0.1, -0.05) is 15.9 Å². The minimum Gasteiger partial charge on any atom is -0.304 e. The molecule has 16 heavy (non-hydrogen) atoms. The minimum absolute atomic E-state index is 0.00929. The molecule has 0 atom stereocenters. The molecule has 1 aliphatic rings. The van der Waals surface area contributed by atoms with Crippen molar-refractivity contribution in [1.29, 1.82) is 0 Å². The molecule has 0 radical (unpaired) electrons. The summed E-state index contributed by atoms with van der Waals surface area (Å²) in [6.45, 7) is 4.12. The van der Waals surface area contributed by atoms with Crippen molar-refractivity contribution in [3.8, 4) is 0 Å². The Morgan fingerprint density at radius 3 is 2.44 bits per heavy atom. The van der Waals surface area contributed by atoms with Crippen molar-refractivity contribution < 1.29 is 9.59 Å². The maximum atomic E-state index is 11.6.